The van der Waals surface area contributed by atoms with Gasteiger partial charge in [-0.2, -0.15) is 4.98 Å². The predicted molar refractivity (Wildman–Crippen MR) is 90.7 cm³/mol. The Morgan fingerprint density at radius 3 is 2.79 bits per heavy atom. The third kappa shape index (κ3) is 4.35. The van der Waals surface area contributed by atoms with Crippen molar-refractivity contribution in [2.24, 2.45) is 5.92 Å². The number of methoxy groups -OCH3 is 1. The summed E-state index contributed by atoms with van der Waals surface area (Å²) in [4.78, 5) is 19.9. The summed E-state index contributed by atoms with van der Waals surface area (Å²) in [6.45, 7) is 3.51. The average molecular weight is 375 g/mol. The Kier molecular flexibility index (Phi) is 5.66. The normalized spacial score (nSPS) is 23.6. The maximum absolute atomic E-state index is 12.4. The second-order valence-corrected chi connectivity index (χ2v) is 7.89. The van der Waals surface area contributed by atoms with Crippen molar-refractivity contribution in [2.45, 2.75) is 30.9 Å². The highest BCUT2D eigenvalue weighted by Crippen LogP contribution is 2.28. The van der Waals surface area contributed by atoms with Gasteiger partial charge in [0.25, 0.3) is 0 Å². The van der Waals surface area contributed by atoms with E-state index in [1.54, 1.807) is 19.1 Å². The number of allylic oxidation sites excluding steroid dienone is 2. The van der Waals surface area contributed by atoms with E-state index >= 15 is 0 Å². The highest BCUT2D eigenvalue weighted by molar-refractivity contribution is 7.90. The number of urea groups is 1. The quantitative estimate of drug-likeness (QED) is 0.614. The summed E-state index contributed by atoms with van der Waals surface area (Å²) in [6.07, 6.45) is 3.85. The third-order valence-electron chi connectivity index (χ3n) is 3.56. The lowest BCUT2D eigenvalue weighted by molar-refractivity contribution is 0.256. The summed E-state index contributed by atoms with van der Waals surface area (Å²) in [5.74, 6) is 0.0982. The van der Waals surface area contributed by atoms with Gasteiger partial charge in [-0.3, -0.25) is 5.32 Å². The van der Waals surface area contributed by atoms with E-state index in [1.807, 2.05) is 17.7 Å². The maximum Gasteiger partial charge on any atom is 0.335 e. The van der Waals surface area contributed by atoms with Gasteiger partial charge in [-0.25, -0.2) is 22.9 Å². The predicted octanol–water partition coefficient (Wildman–Crippen LogP) is 1.82. The van der Waals surface area contributed by atoms with E-state index in [0.29, 0.717) is 5.69 Å². The largest absolute Gasteiger partial charge is 0.481 e. The summed E-state index contributed by atoms with van der Waals surface area (Å²) < 4.78 is 31.7. The van der Waals surface area contributed by atoms with Crippen molar-refractivity contribution < 1.29 is 17.9 Å². The lowest BCUT2D eigenvalue weighted by Gasteiger charge is -2.27. The number of hydrogen-bond acceptors (Lipinski definition) is 6. The number of alkyl halides is 1. The molecule has 3 atom stereocenters. The van der Waals surface area contributed by atoms with Gasteiger partial charge in [0.2, 0.25) is 21.9 Å². The molecular weight excluding hydrogens is 356 g/mol. The van der Waals surface area contributed by atoms with Gasteiger partial charge in [0.1, 0.15) is 5.25 Å². The zero-order valence-electron chi connectivity index (χ0n) is 13.5. The van der Waals surface area contributed by atoms with Gasteiger partial charge in [-0.05, 0) is 19.3 Å². The van der Waals surface area contributed by atoms with E-state index < -0.39 is 26.7 Å². The molecule has 0 radical (unpaired) electrons. The minimum Gasteiger partial charge on any atom is -0.481 e. The number of hydrogen-bond donors (Lipinski definition) is 2. The molecule has 2 rings (SSSR count). The molecule has 0 spiro atoms. The Morgan fingerprint density at radius 2 is 2.12 bits per heavy atom. The monoisotopic (exact) mass is 374 g/mol. The highest BCUT2D eigenvalue weighted by atomic mass is 35.5. The standard InChI is InChI=1S/C14H19ClN4O4S/c1-8-5-4-6-10(12(8)15)24(21,22)19-14(20)18-13-16-9(2)7-11(17-13)23-3/h4-5,7-8,10,12H,6H2,1-3H3,(H2,16,17,18,19,20). The minimum atomic E-state index is -3.94. The second kappa shape index (κ2) is 7.35. The Bertz CT molecular complexity index is 753. The smallest absolute Gasteiger partial charge is 0.335 e. The molecule has 2 amide bonds. The molecule has 2 N–H and O–H groups in total. The lowest BCUT2D eigenvalue weighted by Crippen LogP contribution is -2.46. The van der Waals surface area contributed by atoms with Crippen LogP contribution in [0.4, 0.5) is 10.7 Å². The maximum atomic E-state index is 12.4. The van der Waals surface area contributed by atoms with Crippen molar-refractivity contribution in [1.29, 1.82) is 0 Å². The zero-order valence-corrected chi connectivity index (χ0v) is 15.1. The molecule has 0 bridgehead atoms. The lowest BCUT2D eigenvalue weighted by atomic mass is 9.97. The SMILES string of the molecule is COc1cc(C)nc(NC(=O)NS(=O)(=O)C2CC=CC(C)C2Cl)n1. The van der Waals surface area contributed by atoms with Crippen LogP contribution in [0.15, 0.2) is 18.2 Å². The van der Waals surface area contributed by atoms with Crippen LogP contribution in [0.2, 0.25) is 0 Å². The van der Waals surface area contributed by atoms with Crippen LogP contribution in [0.5, 0.6) is 5.88 Å². The number of amides is 2. The molecule has 10 heteroatoms. The molecule has 0 saturated carbocycles. The van der Waals surface area contributed by atoms with E-state index in [-0.39, 0.29) is 24.2 Å². The van der Waals surface area contributed by atoms with Crippen LogP contribution in [-0.4, -0.2) is 42.2 Å². The topological polar surface area (TPSA) is 110 Å². The molecule has 1 aromatic heterocycles. The molecule has 0 saturated heterocycles. The molecular formula is C14H19ClN4O4S. The summed E-state index contributed by atoms with van der Waals surface area (Å²) in [5, 5.41) is 0.780. The van der Waals surface area contributed by atoms with Gasteiger partial charge in [0, 0.05) is 11.8 Å². The molecule has 24 heavy (non-hydrogen) atoms. The van der Waals surface area contributed by atoms with Crippen LogP contribution >= 0.6 is 11.6 Å². The Labute approximate surface area is 145 Å². The fraction of sp³-hybridized carbons (Fsp3) is 0.500. The first kappa shape index (κ1) is 18.5. The van der Waals surface area contributed by atoms with Crippen molar-refractivity contribution in [3.8, 4) is 5.88 Å². The van der Waals surface area contributed by atoms with Crippen LogP contribution in [0.3, 0.4) is 0 Å². The molecule has 0 aliphatic heterocycles. The van der Waals surface area contributed by atoms with Crippen LogP contribution in [0.25, 0.3) is 0 Å². The molecule has 1 heterocycles. The van der Waals surface area contributed by atoms with E-state index in [1.165, 1.54) is 7.11 Å². The van der Waals surface area contributed by atoms with E-state index in [2.05, 4.69) is 15.3 Å². The number of rotatable bonds is 4. The van der Waals surface area contributed by atoms with Gasteiger partial charge in [0.15, 0.2) is 0 Å². The molecule has 3 unspecified atom stereocenters. The number of nitrogens with one attached hydrogen (secondary N) is 2. The minimum absolute atomic E-state index is 0.0566. The molecule has 1 aliphatic carbocycles. The Balaban J connectivity index is 2.09. The van der Waals surface area contributed by atoms with Crippen molar-refractivity contribution in [2.75, 3.05) is 12.4 Å². The summed E-state index contributed by atoms with van der Waals surface area (Å²) in [7, 11) is -2.52. The van der Waals surface area contributed by atoms with Crippen LogP contribution in [-0.2, 0) is 10.0 Å². The van der Waals surface area contributed by atoms with E-state index in [9.17, 15) is 13.2 Å². The van der Waals surface area contributed by atoms with Gasteiger partial charge < -0.3 is 4.74 Å². The molecule has 1 aliphatic rings. The molecule has 0 aromatic carbocycles. The number of nitrogens with zero attached hydrogens (tertiary/aromatic N) is 2. The summed E-state index contributed by atoms with van der Waals surface area (Å²) in [5.41, 5.74) is 0.562. The van der Waals surface area contributed by atoms with Crippen LogP contribution in [0, 0.1) is 12.8 Å². The third-order valence-corrected chi connectivity index (χ3v) is 6.17. The van der Waals surface area contributed by atoms with Crippen molar-refractivity contribution in [1.82, 2.24) is 14.7 Å². The van der Waals surface area contributed by atoms with Crippen molar-refractivity contribution >= 4 is 33.6 Å². The fourth-order valence-corrected chi connectivity index (χ4v) is 4.34. The van der Waals surface area contributed by atoms with Crippen LogP contribution < -0.4 is 14.8 Å². The number of halogens is 1. The van der Waals surface area contributed by atoms with Gasteiger partial charge in [0.05, 0.1) is 12.5 Å². The molecule has 8 nitrogen and oxygen atoms in total. The Hall–Kier alpha value is -1.87. The highest BCUT2D eigenvalue weighted by Gasteiger charge is 2.37. The summed E-state index contributed by atoms with van der Waals surface area (Å²) >= 11 is 6.18. The van der Waals surface area contributed by atoms with Gasteiger partial charge in [-0.1, -0.05) is 19.1 Å². The summed E-state index contributed by atoms with van der Waals surface area (Å²) in [6, 6.07) is 0.627. The second-order valence-electron chi connectivity index (χ2n) is 5.48. The van der Waals surface area contributed by atoms with Crippen LogP contribution in [0.1, 0.15) is 19.0 Å². The number of aryl methyl sites for hydroxylation is 1. The van der Waals surface area contributed by atoms with E-state index in [4.69, 9.17) is 16.3 Å². The molecule has 0 fully saturated rings. The first-order valence-electron chi connectivity index (χ1n) is 7.26. The van der Waals surface area contributed by atoms with Crippen molar-refractivity contribution in [3.05, 3.63) is 23.9 Å². The van der Waals surface area contributed by atoms with E-state index in [0.717, 1.165) is 0 Å². The first-order valence-corrected chi connectivity index (χ1v) is 9.24. The Morgan fingerprint density at radius 1 is 1.42 bits per heavy atom. The fourth-order valence-electron chi connectivity index (χ4n) is 2.33. The number of anilines is 1. The number of sulfonamides is 1. The number of ether oxygens (including phenoxy) is 1. The van der Waals surface area contributed by atoms with Crippen molar-refractivity contribution in [3.63, 3.8) is 0 Å². The molecule has 1 aromatic rings. The van der Waals surface area contributed by atoms with Gasteiger partial charge >= 0.3 is 6.03 Å². The number of aromatic nitrogens is 2. The molecule has 132 valence electrons. The number of carbonyl (C=O) groups excluding carboxylic acids is 1. The van der Waals surface area contributed by atoms with Gasteiger partial charge in [-0.15, -0.1) is 11.6 Å². The first-order chi connectivity index (χ1) is 11.2. The average Bonchev–Trinajstić information content (AvgIpc) is 2.48. The zero-order chi connectivity index (χ0) is 17.9. The number of carbonyl (C=O) groups is 1.